The van der Waals surface area contributed by atoms with Crippen LogP contribution in [0.1, 0.15) is 22.8 Å². The lowest BCUT2D eigenvalue weighted by Gasteiger charge is -2.23. The SMILES string of the molecule is CC1Oc2ccc(C(=O)c3ccc(Cl)cc3)cc2NC1=O. The average molecular weight is 302 g/mol. The number of ether oxygens (including phenoxy) is 1. The van der Waals surface area contributed by atoms with Gasteiger partial charge in [0.25, 0.3) is 5.91 Å². The van der Waals surface area contributed by atoms with Crippen LogP contribution in [0.25, 0.3) is 0 Å². The molecule has 1 atom stereocenters. The fourth-order valence-electron chi connectivity index (χ4n) is 2.12. The van der Waals surface area contributed by atoms with Gasteiger partial charge in [-0.3, -0.25) is 9.59 Å². The number of anilines is 1. The van der Waals surface area contributed by atoms with Gasteiger partial charge in [-0.1, -0.05) is 11.6 Å². The number of halogens is 1. The maximum absolute atomic E-state index is 12.4. The number of carbonyl (C=O) groups excluding carboxylic acids is 2. The Balaban J connectivity index is 1.93. The maximum atomic E-state index is 12.4. The Hall–Kier alpha value is -2.33. The summed E-state index contributed by atoms with van der Waals surface area (Å²) in [6, 6.07) is 11.7. The first-order chi connectivity index (χ1) is 10.0. The highest BCUT2D eigenvalue weighted by Crippen LogP contribution is 2.31. The van der Waals surface area contributed by atoms with E-state index in [1.165, 1.54) is 0 Å². The Morgan fingerprint density at radius 3 is 2.52 bits per heavy atom. The molecule has 0 fully saturated rings. The molecule has 106 valence electrons. The highest BCUT2D eigenvalue weighted by Gasteiger charge is 2.24. The first-order valence-corrected chi connectivity index (χ1v) is 6.84. The van der Waals surface area contributed by atoms with Crippen LogP contribution in [0.5, 0.6) is 5.75 Å². The molecular weight excluding hydrogens is 290 g/mol. The van der Waals surface area contributed by atoms with E-state index >= 15 is 0 Å². The van der Waals surface area contributed by atoms with Crippen molar-refractivity contribution in [1.82, 2.24) is 0 Å². The molecule has 0 saturated carbocycles. The zero-order chi connectivity index (χ0) is 15.0. The van der Waals surface area contributed by atoms with Crippen molar-refractivity contribution in [2.45, 2.75) is 13.0 Å². The van der Waals surface area contributed by atoms with E-state index < -0.39 is 6.10 Å². The van der Waals surface area contributed by atoms with Crippen LogP contribution in [0, 0.1) is 0 Å². The molecule has 0 radical (unpaired) electrons. The molecule has 0 bridgehead atoms. The zero-order valence-electron chi connectivity index (χ0n) is 11.2. The predicted octanol–water partition coefficient (Wildman–Crippen LogP) is 3.29. The summed E-state index contributed by atoms with van der Waals surface area (Å²) in [6.45, 7) is 1.67. The topological polar surface area (TPSA) is 55.4 Å². The van der Waals surface area contributed by atoms with Crippen molar-refractivity contribution in [2.75, 3.05) is 5.32 Å². The molecule has 2 aromatic carbocycles. The predicted molar refractivity (Wildman–Crippen MR) is 80.0 cm³/mol. The molecule has 1 N–H and O–H groups in total. The van der Waals surface area contributed by atoms with Gasteiger partial charge in [0.2, 0.25) is 0 Å². The van der Waals surface area contributed by atoms with E-state index in [0.717, 1.165) is 0 Å². The summed E-state index contributed by atoms with van der Waals surface area (Å²) in [5.74, 6) is 0.204. The second kappa shape index (κ2) is 5.22. The van der Waals surface area contributed by atoms with E-state index in [-0.39, 0.29) is 11.7 Å². The van der Waals surface area contributed by atoms with Crippen LogP contribution in [0.2, 0.25) is 5.02 Å². The van der Waals surface area contributed by atoms with E-state index in [4.69, 9.17) is 16.3 Å². The van der Waals surface area contributed by atoms with Crippen molar-refractivity contribution in [1.29, 1.82) is 0 Å². The molecule has 1 amide bonds. The number of rotatable bonds is 2. The maximum Gasteiger partial charge on any atom is 0.265 e. The lowest BCUT2D eigenvalue weighted by Crippen LogP contribution is -2.34. The third-order valence-corrected chi connectivity index (χ3v) is 3.53. The van der Waals surface area contributed by atoms with Crippen molar-refractivity contribution in [2.24, 2.45) is 0 Å². The number of carbonyl (C=O) groups is 2. The number of benzene rings is 2. The molecule has 1 aliphatic rings. The van der Waals surface area contributed by atoms with Crippen molar-refractivity contribution < 1.29 is 14.3 Å². The highest BCUT2D eigenvalue weighted by atomic mass is 35.5. The first-order valence-electron chi connectivity index (χ1n) is 6.46. The molecule has 0 spiro atoms. The van der Waals surface area contributed by atoms with Gasteiger partial charge in [-0.25, -0.2) is 0 Å². The summed E-state index contributed by atoms with van der Waals surface area (Å²) >= 11 is 5.81. The minimum absolute atomic E-state index is 0.137. The zero-order valence-corrected chi connectivity index (χ0v) is 12.0. The molecule has 1 heterocycles. The van der Waals surface area contributed by atoms with Crippen LogP contribution >= 0.6 is 11.6 Å². The Labute approximate surface area is 126 Å². The van der Waals surface area contributed by atoms with E-state index in [9.17, 15) is 9.59 Å². The molecular formula is C16H12ClNO3. The van der Waals surface area contributed by atoms with Crippen molar-refractivity contribution in [3.8, 4) is 5.75 Å². The number of nitrogens with one attached hydrogen (secondary N) is 1. The second-order valence-corrected chi connectivity index (χ2v) is 5.23. The van der Waals surface area contributed by atoms with Crippen LogP contribution in [0.4, 0.5) is 5.69 Å². The number of fused-ring (bicyclic) bond motifs is 1. The molecule has 5 heteroatoms. The number of ketones is 1. The summed E-state index contributed by atoms with van der Waals surface area (Å²) in [5.41, 5.74) is 1.53. The van der Waals surface area contributed by atoms with Gasteiger partial charge in [-0.15, -0.1) is 0 Å². The Morgan fingerprint density at radius 1 is 1.14 bits per heavy atom. The Morgan fingerprint density at radius 2 is 1.81 bits per heavy atom. The summed E-state index contributed by atoms with van der Waals surface area (Å²) in [7, 11) is 0. The molecule has 0 saturated heterocycles. The lowest BCUT2D eigenvalue weighted by atomic mass is 10.0. The standard InChI is InChI=1S/C16H12ClNO3/c1-9-16(20)18-13-8-11(4-7-14(13)21-9)15(19)10-2-5-12(17)6-3-10/h2-9H,1H3,(H,18,20). The number of hydrogen-bond acceptors (Lipinski definition) is 3. The summed E-state index contributed by atoms with van der Waals surface area (Å²) in [5, 5.41) is 3.30. The monoisotopic (exact) mass is 301 g/mol. The summed E-state index contributed by atoms with van der Waals surface area (Å²) in [4.78, 5) is 24.0. The van der Waals surface area contributed by atoms with Crippen LogP contribution < -0.4 is 10.1 Å². The fraction of sp³-hybridized carbons (Fsp3) is 0.125. The van der Waals surface area contributed by atoms with Gasteiger partial charge in [-0.05, 0) is 49.4 Å². The minimum atomic E-state index is -0.532. The van der Waals surface area contributed by atoms with Gasteiger partial charge in [0.15, 0.2) is 11.9 Å². The first kappa shape index (κ1) is 13.6. The highest BCUT2D eigenvalue weighted by molar-refractivity contribution is 6.30. The van der Waals surface area contributed by atoms with Crippen molar-refractivity contribution in [3.63, 3.8) is 0 Å². The van der Waals surface area contributed by atoms with Crippen LogP contribution in [0.3, 0.4) is 0 Å². The van der Waals surface area contributed by atoms with Gasteiger partial charge in [0.05, 0.1) is 5.69 Å². The fourth-order valence-corrected chi connectivity index (χ4v) is 2.24. The van der Waals surface area contributed by atoms with E-state index in [0.29, 0.717) is 27.6 Å². The van der Waals surface area contributed by atoms with E-state index in [2.05, 4.69) is 5.32 Å². The third kappa shape index (κ3) is 2.62. The quantitative estimate of drug-likeness (QED) is 0.866. The minimum Gasteiger partial charge on any atom is -0.479 e. The molecule has 1 unspecified atom stereocenters. The van der Waals surface area contributed by atoms with Gasteiger partial charge in [0, 0.05) is 16.1 Å². The lowest BCUT2D eigenvalue weighted by molar-refractivity contribution is -0.122. The molecule has 0 aliphatic carbocycles. The van der Waals surface area contributed by atoms with E-state index in [1.54, 1.807) is 49.4 Å². The molecule has 3 rings (SSSR count). The number of hydrogen-bond donors (Lipinski definition) is 1. The van der Waals surface area contributed by atoms with E-state index in [1.807, 2.05) is 0 Å². The van der Waals surface area contributed by atoms with Gasteiger partial charge < -0.3 is 10.1 Å². The molecule has 21 heavy (non-hydrogen) atoms. The Bertz CT molecular complexity index is 725. The van der Waals surface area contributed by atoms with Gasteiger partial charge in [0.1, 0.15) is 5.75 Å². The van der Waals surface area contributed by atoms with Gasteiger partial charge >= 0.3 is 0 Å². The van der Waals surface area contributed by atoms with Crippen LogP contribution in [-0.2, 0) is 4.79 Å². The summed E-state index contributed by atoms with van der Waals surface area (Å²) < 4.78 is 5.46. The third-order valence-electron chi connectivity index (χ3n) is 3.28. The molecule has 0 aromatic heterocycles. The molecule has 2 aromatic rings. The van der Waals surface area contributed by atoms with Crippen LogP contribution in [-0.4, -0.2) is 17.8 Å². The summed E-state index contributed by atoms with van der Waals surface area (Å²) in [6.07, 6.45) is -0.532. The van der Waals surface area contributed by atoms with Gasteiger partial charge in [-0.2, -0.15) is 0 Å². The Kier molecular flexibility index (Phi) is 3.39. The molecule has 4 nitrogen and oxygen atoms in total. The van der Waals surface area contributed by atoms with Crippen molar-refractivity contribution in [3.05, 3.63) is 58.6 Å². The largest absolute Gasteiger partial charge is 0.479 e. The van der Waals surface area contributed by atoms with Crippen molar-refractivity contribution >= 4 is 29.0 Å². The van der Waals surface area contributed by atoms with Crippen LogP contribution in [0.15, 0.2) is 42.5 Å². The average Bonchev–Trinajstić information content (AvgIpc) is 2.48. The smallest absolute Gasteiger partial charge is 0.265 e. The second-order valence-electron chi connectivity index (χ2n) is 4.80. The molecule has 1 aliphatic heterocycles. The normalized spacial score (nSPS) is 16.7. The number of amides is 1.